The molecule has 0 bridgehead atoms. The molecule has 2 aromatic heterocycles. The van der Waals surface area contributed by atoms with E-state index in [1.165, 1.54) is 12.1 Å². The maximum absolute atomic E-state index is 5.87. The zero-order valence-corrected chi connectivity index (χ0v) is 12.6. The first-order valence-electron chi connectivity index (χ1n) is 7.52. The van der Waals surface area contributed by atoms with Crippen molar-refractivity contribution in [3.8, 4) is 0 Å². The van der Waals surface area contributed by atoms with Crippen LogP contribution in [-0.2, 0) is 0 Å². The Labute approximate surface area is 124 Å². The molecular weight excluding hydrogens is 264 g/mol. The van der Waals surface area contributed by atoms with Gasteiger partial charge in [0, 0.05) is 37.0 Å². The topological polar surface area (TPSA) is 83.7 Å². The van der Waals surface area contributed by atoms with Crippen LogP contribution in [-0.4, -0.2) is 33.3 Å². The molecule has 0 saturated carbocycles. The summed E-state index contributed by atoms with van der Waals surface area (Å²) in [5, 5.41) is 7.14. The smallest absolute Gasteiger partial charge is 0.222 e. The van der Waals surface area contributed by atoms with Crippen molar-refractivity contribution in [1.29, 1.82) is 0 Å². The van der Waals surface area contributed by atoms with Crippen LogP contribution in [0.4, 0.5) is 11.8 Å². The Balaban J connectivity index is 1.83. The first-order chi connectivity index (χ1) is 10.1. The number of nitrogens with two attached hydrogens (primary N) is 1. The van der Waals surface area contributed by atoms with Crippen molar-refractivity contribution in [2.24, 2.45) is 0 Å². The van der Waals surface area contributed by atoms with Gasteiger partial charge in [0.2, 0.25) is 5.95 Å². The van der Waals surface area contributed by atoms with E-state index in [1.54, 1.807) is 0 Å². The molecule has 1 saturated heterocycles. The normalized spacial score (nSPS) is 19.2. The van der Waals surface area contributed by atoms with Gasteiger partial charge in [0.1, 0.15) is 5.82 Å². The van der Waals surface area contributed by atoms with E-state index in [2.05, 4.69) is 51.0 Å². The summed E-state index contributed by atoms with van der Waals surface area (Å²) >= 11 is 0. The second-order valence-corrected chi connectivity index (χ2v) is 5.96. The number of piperidine rings is 1. The largest absolute Gasteiger partial charge is 0.368 e. The lowest BCUT2D eigenvalue weighted by atomic mass is 9.95. The van der Waals surface area contributed by atoms with E-state index in [0.29, 0.717) is 17.8 Å². The molecule has 2 aromatic rings. The average Bonchev–Trinajstić information content (AvgIpc) is 3.01. The first-order valence-corrected chi connectivity index (χ1v) is 7.52. The van der Waals surface area contributed by atoms with Gasteiger partial charge in [-0.15, -0.1) is 0 Å². The van der Waals surface area contributed by atoms with Crippen molar-refractivity contribution >= 4 is 11.8 Å². The molecule has 1 aliphatic rings. The van der Waals surface area contributed by atoms with Crippen LogP contribution in [0.3, 0.4) is 0 Å². The lowest BCUT2D eigenvalue weighted by molar-refractivity contribution is 0.497. The third-order valence-corrected chi connectivity index (χ3v) is 4.05. The Bertz CT molecular complexity index is 592. The van der Waals surface area contributed by atoms with E-state index in [-0.39, 0.29) is 0 Å². The molecule has 3 heterocycles. The molecule has 6 heteroatoms. The van der Waals surface area contributed by atoms with Crippen LogP contribution in [0.1, 0.15) is 49.9 Å². The number of aromatic amines is 1. The van der Waals surface area contributed by atoms with Crippen LogP contribution in [0.25, 0.3) is 0 Å². The number of hydrogen-bond donors (Lipinski definition) is 2. The van der Waals surface area contributed by atoms with E-state index in [4.69, 9.17) is 5.73 Å². The molecule has 0 aliphatic carbocycles. The lowest BCUT2D eigenvalue weighted by Crippen LogP contribution is -2.35. The Morgan fingerprint density at radius 2 is 2.24 bits per heavy atom. The van der Waals surface area contributed by atoms with Crippen molar-refractivity contribution in [2.75, 3.05) is 23.7 Å². The molecule has 1 unspecified atom stereocenters. The number of rotatable bonds is 3. The number of nitrogens with zero attached hydrogens (tertiary/aromatic N) is 4. The Hall–Kier alpha value is -2.11. The van der Waals surface area contributed by atoms with Crippen LogP contribution in [0.15, 0.2) is 18.3 Å². The predicted molar refractivity (Wildman–Crippen MR) is 83.3 cm³/mol. The van der Waals surface area contributed by atoms with Gasteiger partial charge in [0.25, 0.3) is 0 Å². The number of nitrogen functional groups attached to an aromatic ring is 1. The third-order valence-electron chi connectivity index (χ3n) is 4.05. The Kier molecular flexibility index (Phi) is 3.77. The van der Waals surface area contributed by atoms with Gasteiger partial charge in [0.15, 0.2) is 0 Å². The van der Waals surface area contributed by atoms with Gasteiger partial charge in [-0.3, -0.25) is 5.10 Å². The number of nitrogens with one attached hydrogen (secondary N) is 1. The third kappa shape index (κ3) is 2.99. The Morgan fingerprint density at radius 1 is 1.38 bits per heavy atom. The van der Waals surface area contributed by atoms with Crippen molar-refractivity contribution in [3.05, 3.63) is 29.7 Å². The number of hydrogen-bond acceptors (Lipinski definition) is 5. The predicted octanol–water partition coefficient (Wildman–Crippen LogP) is 2.29. The second-order valence-electron chi connectivity index (χ2n) is 5.96. The summed E-state index contributed by atoms with van der Waals surface area (Å²) < 4.78 is 0. The molecular formula is C15H22N6. The van der Waals surface area contributed by atoms with Crippen molar-refractivity contribution in [2.45, 2.75) is 38.5 Å². The molecule has 21 heavy (non-hydrogen) atoms. The minimum atomic E-state index is 0.349. The van der Waals surface area contributed by atoms with Crippen molar-refractivity contribution in [1.82, 2.24) is 20.2 Å². The molecule has 0 aromatic carbocycles. The van der Waals surface area contributed by atoms with Crippen LogP contribution < -0.4 is 10.6 Å². The van der Waals surface area contributed by atoms with Crippen molar-refractivity contribution < 1.29 is 0 Å². The fourth-order valence-electron chi connectivity index (χ4n) is 2.86. The van der Waals surface area contributed by atoms with E-state index < -0.39 is 0 Å². The fraction of sp³-hybridized carbons (Fsp3) is 0.533. The summed E-state index contributed by atoms with van der Waals surface area (Å²) in [5.41, 5.74) is 8.07. The minimum absolute atomic E-state index is 0.349. The molecule has 3 N–H and O–H groups in total. The highest BCUT2D eigenvalue weighted by atomic mass is 15.2. The SMILES string of the molecule is CC(C)c1cc(N2CCCC(c3ccn[nH]3)C2)nc(N)n1. The summed E-state index contributed by atoms with van der Waals surface area (Å²) in [6.45, 7) is 6.19. The van der Waals surface area contributed by atoms with Crippen LogP contribution in [0.5, 0.6) is 0 Å². The standard InChI is InChI=1S/C15H22N6/c1-10(2)13-8-14(19-15(16)18-13)21-7-3-4-11(9-21)12-5-6-17-20-12/h5-6,8,10-11H,3-4,7,9H2,1-2H3,(H,17,20)(H2,16,18,19). The first kappa shape index (κ1) is 13.9. The van der Waals surface area contributed by atoms with E-state index in [9.17, 15) is 0 Å². The minimum Gasteiger partial charge on any atom is -0.368 e. The van der Waals surface area contributed by atoms with Crippen LogP contribution in [0, 0.1) is 0 Å². The molecule has 6 nitrogen and oxygen atoms in total. The van der Waals surface area contributed by atoms with Crippen LogP contribution in [0.2, 0.25) is 0 Å². The number of aromatic nitrogens is 4. The summed E-state index contributed by atoms with van der Waals surface area (Å²) in [6, 6.07) is 4.12. The average molecular weight is 286 g/mol. The van der Waals surface area contributed by atoms with Gasteiger partial charge < -0.3 is 10.6 Å². The van der Waals surface area contributed by atoms with Gasteiger partial charge in [-0.25, -0.2) is 4.98 Å². The van der Waals surface area contributed by atoms with E-state index in [1.807, 2.05) is 6.20 Å². The summed E-state index contributed by atoms with van der Waals surface area (Å²) in [7, 11) is 0. The lowest BCUT2D eigenvalue weighted by Gasteiger charge is -2.33. The molecule has 0 amide bonds. The maximum atomic E-state index is 5.87. The van der Waals surface area contributed by atoms with E-state index >= 15 is 0 Å². The monoisotopic (exact) mass is 286 g/mol. The number of H-pyrrole nitrogens is 1. The summed E-state index contributed by atoms with van der Waals surface area (Å²) in [6.07, 6.45) is 4.13. The summed E-state index contributed by atoms with van der Waals surface area (Å²) in [5.74, 6) is 2.12. The zero-order valence-electron chi connectivity index (χ0n) is 12.6. The summed E-state index contributed by atoms with van der Waals surface area (Å²) in [4.78, 5) is 11.0. The van der Waals surface area contributed by atoms with Crippen LogP contribution >= 0.6 is 0 Å². The van der Waals surface area contributed by atoms with Gasteiger partial charge >= 0.3 is 0 Å². The maximum Gasteiger partial charge on any atom is 0.222 e. The highest BCUT2D eigenvalue weighted by Crippen LogP contribution is 2.29. The molecule has 0 radical (unpaired) electrons. The quantitative estimate of drug-likeness (QED) is 0.904. The number of anilines is 2. The second kappa shape index (κ2) is 5.71. The molecule has 0 spiro atoms. The molecule has 1 atom stereocenters. The highest BCUT2D eigenvalue weighted by molar-refractivity contribution is 5.45. The van der Waals surface area contributed by atoms with Gasteiger partial charge in [-0.1, -0.05) is 13.8 Å². The molecule has 112 valence electrons. The molecule has 3 rings (SSSR count). The van der Waals surface area contributed by atoms with Crippen molar-refractivity contribution in [3.63, 3.8) is 0 Å². The highest BCUT2D eigenvalue weighted by Gasteiger charge is 2.24. The van der Waals surface area contributed by atoms with Gasteiger partial charge in [-0.05, 0) is 24.8 Å². The van der Waals surface area contributed by atoms with Gasteiger partial charge in [0.05, 0.1) is 5.69 Å². The molecule has 1 fully saturated rings. The van der Waals surface area contributed by atoms with Gasteiger partial charge in [-0.2, -0.15) is 10.1 Å². The van der Waals surface area contributed by atoms with E-state index in [0.717, 1.165) is 31.0 Å². The zero-order chi connectivity index (χ0) is 14.8. The fourth-order valence-corrected chi connectivity index (χ4v) is 2.86. The Morgan fingerprint density at radius 3 is 2.95 bits per heavy atom. The molecule has 1 aliphatic heterocycles.